The van der Waals surface area contributed by atoms with Gasteiger partial charge in [0, 0.05) is 37.0 Å². The Hall–Kier alpha value is -2.97. The standard InChI is InChI=1S/C15H18N4O5/c1-23-11-3-9(4-12(5-11)24-2)17-15(22)18-7-10(8-18)19-13(20)6-16-14(19)21/h3-5,10H,6-8H2,1-2H3,(H,16,21)(H,17,22). The van der Waals surface area contributed by atoms with Gasteiger partial charge in [-0.2, -0.15) is 0 Å². The number of nitrogens with one attached hydrogen (secondary N) is 2. The molecule has 0 atom stereocenters. The molecular weight excluding hydrogens is 316 g/mol. The lowest BCUT2D eigenvalue weighted by atomic mass is 10.1. The number of likely N-dealkylation sites (tertiary alicyclic amines) is 1. The first kappa shape index (κ1) is 15.9. The number of urea groups is 2. The van der Waals surface area contributed by atoms with Gasteiger partial charge in [0.15, 0.2) is 0 Å². The number of rotatable bonds is 4. The molecule has 9 heteroatoms. The van der Waals surface area contributed by atoms with E-state index in [1.807, 2.05) is 0 Å². The molecule has 1 aromatic carbocycles. The lowest BCUT2D eigenvalue weighted by Crippen LogP contribution is -2.63. The normalized spacial score (nSPS) is 17.4. The van der Waals surface area contributed by atoms with E-state index < -0.39 is 6.03 Å². The number of carbonyl (C=O) groups is 3. The number of hydrogen-bond donors (Lipinski definition) is 2. The SMILES string of the molecule is COc1cc(NC(=O)N2CC(N3C(=O)CNC3=O)C2)cc(OC)c1. The molecule has 3 rings (SSSR count). The third-order valence-corrected chi connectivity index (χ3v) is 4.00. The minimum atomic E-state index is -0.400. The number of benzene rings is 1. The number of ether oxygens (including phenoxy) is 2. The summed E-state index contributed by atoms with van der Waals surface area (Å²) in [5.41, 5.74) is 0.537. The topological polar surface area (TPSA) is 100 Å². The van der Waals surface area contributed by atoms with Crippen LogP contribution in [0.15, 0.2) is 18.2 Å². The molecule has 0 saturated carbocycles. The fraction of sp³-hybridized carbons (Fsp3) is 0.400. The predicted octanol–water partition coefficient (Wildman–Crippen LogP) is 0.472. The van der Waals surface area contributed by atoms with E-state index in [1.165, 1.54) is 24.0 Å². The number of imide groups is 1. The van der Waals surface area contributed by atoms with Gasteiger partial charge in [-0.15, -0.1) is 0 Å². The molecule has 0 unspecified atom stereocenters. The van der Waals surface area contributed by atoms with Crippen molar-refractivity contribution in [2.75, 3.05) is 39.2 Å². The molecule has 0 aromatic heterocycles. The van der Waals surface area contributed by atoms with Gasteiger partial charge in [0.2, 0.25) is 5.91 Å². The van der Waals surface area contributed by atoms with Crippen LogP contribution < -0.4 is 20.1 Å². The summed E-state index contributed by atoms with van der Waals surface area (Å²) in [6.07, 6.45) is 0. The number of nitrogens with zero attached hydrogens (tertiary/aromatic N) is 2. The van der Waals surface area contributed by atoms with Crippen molar-refractivity contribution in [3.8, 4) is 11.5 Å². The maximum Gasteiger partial charge on any atom is 0.324 e. The first-order valence-corrected chi connectivity index (χ1v) is 7.40. The molecular formula is C15H18N4O5. The van der Waals surface area contributed by atoms with Crippen molar-refractivity contribution in [3.63, 3.8) is 0 Å². The fourth-order valence-electron chi connectivity index (χ4n) is 2.67. The van der Waals surface area contributed by atoms with E-state index in [2.05, 4.69) is 10.6 Å². The van der Waals surface area contributed by atoms with Crippen LogP contribution in [0.4, 0.5) is 15.3 Å². The molecule has 2 saturated heterocycles. The second-order valence-electron chi connectivity index (χ2n) is 5.51. The van der Waals surface area contributed by atoms with E-state index >= 15 is 0 Å². The van der Waals surface area contributed by atoms with E-state index in [-0.39, 0.29) is 24.5 Å². The maximum atomic E-state index is 12.2. The smallest absolute Gasteiger partial charge is 0.324 e. The van der Waals surface area contributed by atoms with Crippen LogP contribution in [0.5, 0.6) is 11.5 Å². The third kappa shape index (κ3) is 2.92. The molecule has 2 heterocycles. The molecule has 2 aliphatic rings. The summed E-state index contributed by atoms with van der Waals surface area (Å²) in [6.45, 7) is 0.642. The average molecular weight is 334 g/mol. The molecule has 9 nitrogen and oxygen atoms in total. The van der Waals surface area contributed by atoms with Crippen LogP contribution in [-0.2, 0) is 4.79 Å². The van der Waals surface area contributed by atoms with Gasteiger partial charge in [0.05, 0.1) is 26.8 Å². The van der Waals surface area contributed by atoms with Crippen molar-refractivity contribution in [2.24, 2.45) is 0 Å². The van der Waals surface area contributed by atoms with Crippen LogP contribution in [-0.4, -0.2) is 67.7 Å². The summed E-state index contributed by atoms with van der Waals surface area (Å²) in [4.78, 5) is 38.1. The first-order chi connectivity index (χ1) is 11.5. The lowest BCUT2D eigenvalue weighted by Gasteiger charge is -2.42. The second-order valence-corrected chi connectivity index (χ2v) is 5.51. The highest BCUT2D eigenvalue weighted by atomic mass is 16.5. The molecule has 0 bridgehead atoms. The third-order valence-electron chi connectivity index (χ3n) is 4.00. The Morgan fingerprint density at radius 2 is 1.79 bits per heavy atom. The van der Waals surface area contributed by atoms with Crippen LogP contribution in [0.1, 0.15) is 0 Å². The summed E-state index contributed by atoms with van der Waals surface area (Å²) < 4.78 is 10.3. The molecule has 128 valence electrons. The monoisotopic (exact) mass is 334 g/mol. The molecule has 24 heavy (non-hydrogen) atoms. The number of carbonyl (C=O) groups excluding carboxylic acids is 3. The summed E-state index contributed by atoms with van der Waals surface area (Å²) >= 11 is 0. The minimum absolute atomic E-state index is 0.0190. The Bertz CT molecular complexity index is 648. The van der Waals surface area contributed by atoms with E-state index in [1.54, 1.807) is 18.2 Å². The van der Waals surface area contributed by atoms with Gasteiger partial charge in [0.25, 0.3) is 0 Å². The molecule has 1 aromatic rings. The van der Waals surface area contributed by atoms with Crippen LogP contribution in [0.25, 0.3) is 0 Å². The Labute approximate surface area is 138 Å². The molecule has 5 amide bonds. The van der Waals surface area contributed by atoms with Gasteiger partial charge in [-0.25, -0.2) is 9.59 Å². The van der Waals surface area contributed by atoms with Crippen molar-refractivity contribution in [1.29, 1.82) is 0 Å². The number of methoxy groups -OCH3 is 2. The first-order valence-electron chi connectivity index (χ1n) is 7.40. The van der Waals surface area contributed by atoms with Gasteiger partial charge in [0.1, 0.15) is 11.5 Å². The lowest BCUT2D eigenvalue weighted by molar-refractivity contribution is -0.128. The van der Waals surface area contributed by atoms with E-state index in [9.17, 15) is 14.4 Å². The number of hydrogen-bond acceptors (Lipinski definition) is 5. The molecule has 2 aliphatic heterocycles. The van der Waals surface area contributed by atoms with Crippen LogP contribution in [0.2, 0.25) is 0 Å². The molecule has 0 radical (unpaired) electrons. The Kier molecular flexibility index (Phi) is 4.15. The Morgan fingerprint density at radius 1 is 1.17 bits per heavy atom. The van der Waals surface area contributed by atoms with Crippen molar-refractivity contribution in [2.45, 2.75) is 6.04 Å². The van der Waals surface area contributed by atoms with Crippen molar-refractivity contribution < 1.29 is 23.9 Å². The zero-order valence-electron chi connectivity index (χ0n) is 13.4. The molecule has 0 spiro atoms. The van der Waals surface area contributed by atoms with Gasteiger partial charge in [-0.1, -0.05) is 0 Å². The van der Waals surface area contributed by atoms with E-state index in [4.69, 9.17) is 9.47 Å². The fourth-order valence-corrected chi connectivity index (χ4v) is 2.67. The van der Waals surface area contributed by atoms with Crippen molar-refractivity contribution in [3.05, 3.63) is 18.2 Å². The highest BCUT2D eigenvalue weighted by Gasteiger charge is 2.42. The largest absolute Gasteiger partial charge is 0.497 e. The average Bonchev–Trinajstić information content (AvgIpc) is 2.85. The minimum Gasteiger partial charge on any atom is -0.497 e. The van der Waals surface area contributed by atoms with Crippen LogP contribution >= 0.6 is 0 Å². The summed E-state index contributed by atoms with van der Waals surface area (Å²) in [6, 6.07) is 4.07. The van der Waals surface area contributed by atoms with Gasteiger partial charge < -0.3 is 25.0 Å². The summed E-state index contributed by atoms with van der Waals surface area (Å²) in [5.74, 6) is 0.860. The summed E-state index contributed by atoms with van der Waals surface area (Å²) in [7, 11) is 3.05. The quantitative estimate of drug-likeness (QED) is 0.780. The Morgan fingerprint density at radius 3 is 2.29 bits per heavy atom. The van der Waals surface area contributed by atoms with E-state index in [0.29, 0.717) is 30.3 Å². The Balaban J connectivity index is 1.59. The highest BCUT2D eigenvalue weighted by molar-refractivity contribution is 6.02. The predicted molar refractivity (Wildman–Crippen MR) is 84.2 cm³/mol. The van der Waals surface area contributed by atoms with Crippen molar-refractivity contribution >= 4 is 23.7 Å². The molecule has 2 fully saturated rings. The zero-order valence-corrected chi connectivity index (χ0v) is 13.4. The zero-order chi connectivity index (χ0) is 17.3. The van der Waals surface area contributed by atoms with Crippen molar-refractivity contribution in [1.82, 2.24) is 15.1 Å². The van der Waals surface area contributed by atoms with Gasteiger partial charge in [-0.3, -0.25) is 9.69 Å². The summed E-state index contributed by atoms with van der Waals surface area (Å²) in [5, 5.41) is 5.22. The van der Waals surface area contributed by atoms with Gasteiger partial charge in [-0.05, 0) is 0 Å². The number of amides is 5. The molecule has 0 aliphatic carbocycles. The highest BCUT2D eigenvalue weighted by Crippen LogP contribution is 2.26. The van der Waals surface area contributed by atoms with Gasteiger partial charge >= 0.3 is 12.1 Å². The van der Waals surface area contributed by atoms with E-state index in [0.717, 1.165) is 0 Å². The number of anilines is 1. The molecule has 2 N–H and O–H groups in total. The maximum absolute atomic E-state index is 12.2. The van der Waals surface area contributed by atoms with Crippen LogP contribution in [0, 0.1) is 0 Å². The second kappa shape index (κ2) is 6.26. The van der Waals surface area contributed by atoms with Crippen LogP contribution in [0.3, 0.4) is 0 Å².